The lowest BCUT2D eigenvalue weighted by Crippen LogP contribution is -2.48. The molecule has 23 heavy (non-hydrogen) atoms. The third-order valence-corrected chi connectivity index (χ3v) is 4.53. The summed E-state index contributed by atoms with van der Waals surface area (Å²) >= 11 is 3.38. The second-order valence-corrected chi connectivity index (χ2v) is 6.58. The average molecular weight is 402 g/mol. The first-order valence-electron chi connectivity index (χ1n) is 7.05. The lowest BCUT2D eigenvalue weighted by Gasteiger charge is -2.24. The van der Waals surface area contributed by atoms with Gasteiger partial charge in [0.1, 0.15) is 5.54 Å². The molecule has 2 aromatic rings. The Morgan fingerprint density at radius 3 is 2.39 bits per heavy atom. The molecule has 0 aliphatic carbocycles. The predicted molar refractivity (Wildman–Crippen MR) is 97.5 cm³/mol. The number of aromatic nitrogens is 2. The predicted octanol–water partition coefficient (Wildman–Crippen LogP) is 2.71. The number of halogens is 2. The molecule has 0 saturated carbocycles. The van der Waals surface area contributed by atoms with Crippen molar-refractivity contribution >= 4 is 34.2 Å². The van der Waals surface area contributed by atoms with Gasteiger partial charge in [-0.05, 0) is 38.5 Å². The summed E-state index contributed by atoms with van der Waals surface area (Å²) in [5.74, 6) is -0.211. The zero-order valence-corrected chi connectivity index (χ0v) is 16.1. The Labute approximate surface area is 151 Å². The third kappa shape index (κ3) is 4.13. The van der Waals surface area contributed by atoms with Gasteiger partial charge in [0, 0.05) is 29.3 Å². The number of nitrogens with zero attached hydrogens (tertiary/aromatic N) is 2. The minimum absolute atomic E-state index is 0. The molecule has 0 bridgehead atoms. The molecular weight excluding hydrogens is 380 g/mol. The van der Waals surface area contributed by atoms with Gasteiger partial charge in [-0.3, -0.25) is 9.48 Å². The van der Waals surface area contributed by atoms with E-state index in [0.29, 0.717) is 6.54 Å². The van der Waals surface area contributed by atoms with Crippen LogP contribution in [-0.4, -0.2) is 15.7 Å². The van der Waals surface area contributed by atoms with Crippen molar-refractivity contribution in [3.63, 3.8) is 0 Å². The van der Waals surface area contributed by atoms with Crippen molar-refractivity contribution in [3.05, 3.63) is 51.3 Å². The van der Waals surface area contributed by atoms with Gasteiger partial charge in [-0.2, -0.15) is 5.10 Å². The van der Waals surface area contributed by atoms with Crippen LogP contribution in [0.3, 0.4) is 0 Å². The molecule has 0 fully saturated rings. The molecule has 1 heterocycles. The van der Waals surface area contributed by atoms with E-state index in [-0.39, 0.29) is 18.3 Å². The molecule has 1 atom stereocenters. The number of carbonyl (C=O) groups is 1. The number of hydrogen-bond donors (Lipinski definition) is 2. The van der Waals surface area contributed by atoms with E-state index >= 15 is 0 Å². The summed E-state index contributed by atoms with van der Waals surface area (Å²) < 4.78 is 2.77. The molecule has 0 aliphatic rings. The Balaban J connectivity index is 0.00000264. The first-order chi connectivity index (χ1) is 10.2. The van der Waals surface area contributed by atoms with Gasteiger partial charge in [0.2, 0.25) is 5.91 Å². The molecule has 1 aromatic heterocycles. The molecule has 0 radical (unpaired) electrons. The summed E-state index contributed by atoms with van der Waals surface area (Å²) in [4.78, 5) is 12.5. The van der Waals surface area contributed by atoms with Gasteiger partial charge < -0.3 is 11.1 Å². The second-order valence-electron chi connectivity index (χ2n) is 5.66. The van der Waals surface area contributed by atoms with Crippen molar-refractivity contribution in [1.29, 1.82) is 0 Å². The second kappa shape index (κ2) is 7.47. The quantitative estimate of drug-likeness (QED) is 0.827. The highest BCUT2D eigenvalue weighted by Crippen LogP contribution is 2.21. The van der Waals surface area contributed by atoms with E-state index in [9.17, 15) is 4.79 Å². The molecule has 0 saturated heterocycles. The minimum Gasteiger partial charge on any atom is -0.350 e. The fourth-order valence-electron chi connectivity index (χ4n) is 2.35. The minimum atomic E-state index is -1.08. The summed E-state index contributed by atoms with van der Waals surface area (Å²) in [6.45, 7) is 6.06. The highest BCUT2D eigenvalue weighted by molar-refractivity contribution is 9.10. The normalized spacial score (nSPS) is 13.1. The van der Waals surface area contributed by atoms with Gasteiger partial charge in [-0.15, -0.1) is 12.4 Å². The summed E-state index contributed by atoms with van der Waals surface area (Å²) in [6, 6.07) is 7.46. The number of rotatable bonds is 4. The topological polar surface area (TPSA) is 72.9 Å². The van der Waals surface area contributed by atoms with Crippen LogP contribution in [0.5, 0.6) is 0 Å². The Morgan fingerprint density at radius 2 is 1.91 bits per heavy atom. The van der Waals surface area contributed by atoms with Gasteiger partial charge in [0.25, 0.3) is 0 Å². The molecule has 1 aromatic carbocycles. The molecular formula is C16H22BrClN4O. The van der Waals surface area contributed by atoms with Crippen LogP contribution in [0, 0.1) is 13.8 Å². The first-order valence-corrected chi connectivity index (χ1v) is 7.85. The third-order valence-electron chi connectivity index (χ3n) is 4.00. The van der Waals surface area contributed by atoms with E-state index < -0.39 is 5.54 Å². The molecule has 126 valence electrons. The molecule has 3 N–H and O–H groups in total. The molecule has 1 unspecified atom stereocenters. The number of nitrogens with one attached hydrogen (secondary N) is 1. The first kappa shape index (κ1) is 19.7. The highest BCUT2D eigenvalue weighted by atomic mass is 79.9. The van der Waals surface area contributed by atoms with E-state index in [1.165, 1.54) is 0 Å². The van der Waals surface area contributed by atoms with Gasteiger partial charge in [0.05, 0.1) is 5.69 Å². The zero-order chi connectivity index (χ0) is 16.5. The van der Waals surface area contributed by atoms with Crippen molar-refractivity contribution in [2.75, 3.05) is 0 Å². The van der Waals surface area contributed by atoms with Crippen LogP contribution in [-0.2, 0) is 23.9 Å². The number of nitrogens with two attached hydrogens (primary N) is 1. The maximum absolute atomic E-state index is 12.5. The standard InChI is InChI=1S/C16H21BrN4O.ClH/c1-10-14(11(2)21(4)20-10)9-19-15(22)16(3,18)12-5-7-13(17)8-6-12;/h5-8H,9,18H2,1-4H3,(H,19,22);1H. The lowest BCUT2D eigenvalue weighted by molar-refractivity contribution is -0.126. The van der Waals surface area contributed by atoms with Crippen LogP contribution in [0.4, 0.5) is 0 Å². The lowest BCUT2D eigenvalue weighted by atomic mass is 9.92. The number of benzene rings is 1. The van der Waals surface area contributed by atoms with Crippen LogP contribution in [0.15, 0.2) is 28.7 Å². The van der Waals surface area contributed by atoms with Crippen molar-refractivity contribution in [2.45, 2.75) is 32.9 Å². The van der Waals surface area contributed by atoms with E-state index in [2.05, 4.69) is 26.3 Å². The molecule has 7 heteroatoms. The molecule has 2 rings (SSSR count). The summed E-state index contributed by atoms with van der Waals surface area (Å²) in [5.41, 5.74) is 8.91. The number of amides is 1. The van der Waals surface area contributed by atoms with Gasteiger partial charge in [-0.25, -0.2) is 0 Å². The van der Waals surface area contributed by atoms with E-state index in [0.717, 1.165) is 27.0 Å². The molecule has 0 spiro atoms. The SMILES string of the molecule is Cc1nn(C)c(C)c1CNC(=O)C(C)(N)c1ccc(Br)cc1.Cl. The molecule has 5 nitrogen and oxygen atoms in total. The van der Waals surface area contributed by atoms with Crippen molar-refractivity contribution in [1.82, 2.24) is 15.1 Å². The Kier molecular flexibility index (Phi) is 6.39. The van der Waals surface area contributed by atoms with Gasteiger partial charge in [0.15, 0.2) is 0 Å². The molecule has 1 amide bonds. The van der Waals surface area contributed by atoms with Crippen molar-refractivity contribution < 1.29 is 4.79 Å². The van der Waals surface area contributed by atoms with E-state index in [1.54, 1.807) is 6.92 Å². The van der Waals surface area contributed by atoms with E-state index in [1.807, 2.05) is 49.8 Å². The van der Waals surface area contributed by atoms with Crippen molar-refractivity contribution in [2.24, 2.45) is 12.8 Å². The average Bonchev–Trinajstić information content (AvgIpc) is 2.70. The van der Waals surface area contributed by atoms with Crippen LogP contribution >= 0.6 is 28.3 Å². The van der Waals surface area contributed by atoms with Crippen LogP contribution < -0.4 is 11.1 Å². The molecule has 0 aliphatic heterocycles. The van der Waals surface area contributed by atoms with Crippen LogP contribution in [0.1, 0.15) is 29.4 Å². The van der Waals surface area contributed by atoms with E-state index in [4.69, 9.17) is 5.73 Å². The summed E-state index contributed by atoms with van der Waals surface area (Å²) in [5, 5.41) is 7.27. The maximum atomic E-state index is 12.5. The van der Waals surface area contributed by atoms with Crippen LogP contribution in [0.2, 0.25) is 0 Å². The number of aryl methyl sites for hydroxylation is 2. The van der Waals surface area contributed by atoms with Crippen LogP contribution in [0.25, 0.3) is 0 Å². The Morgan fingerprint density at radius 1 is 1.35 bits per heavy atom. The Hall–Kier alpha value is -1.37. The summed E-state index contributed by atoms with van der Waals surface area (Å²) in [7, 11) is 1.89. The smallest absolute Gasteiger partial charge is 0.244 e. The number of carbonyl (C=O) groups excluding carboxylic acids is 1. The van der Waals surface area contributed by atoms with Gasteiger partial charge >= 0.3 is 0 Å². The van der Waals surface area contributed by atoms with Crippen molar-refractivity contribution in [3.8, 4) is 0 Å². The largest absolute Gasteiger partial charge is 0.350 e. The highest BCUT2D eigenvalue weighted by Gasteiger charge is 2.30. The summed E-state index contributed by atoms with van der Waals surface area (Å²) in [6.07, 6.45) is 0. The fourth-order valence-corrected chi connectivity index (χ4v) is 2.62. The maximum Gasteiger partial charge on any atom is 0.244 e. The number of hydrogen-bond acceptors (Lipinski definition) is 3. The fraction of sp³-hybridized carbons (Fsp3) is 0.375. The zero-order valence-electron chi connectivity index (χ0n) is 13.7. The monoisotopic (exact) mass is 400 g/mol. The van der Waals surface area contributed by atoms with Gasteiger partial charge in [-0.1, -0.05) is 28.1 Å². The Bertz CT molecular complexity index is 695.